The fourth-order valence-corrected chi connectivity index (χ4v) is 4.67. The summed E-state index contributed by atoms with van der Waals surface area (Å²) in [5, 5.41) is 3.49. The molecule has 3 aromatic rings. The molecule has 0 saturated carbocycles. The number of hydrogen-bond donors (Lipinski definition) is 1. The quantitative estimate of drug-likeness (QED) is 0.485. The number of amides is 2. The van der Waals surface area contributed by atoms with Gasteiger partial charge in [-0.1, -0.05) is 29.3 Å². The number of nitrogens with one attached hydrogen (secondary N) is 1. The zero-order chi connectivity index (χ0) is 24.4. The van der Waals surface area contributed by atoms with Crippen molar-refractivity contribution in [3.63, 3.8) is 0 Å². The van der Waals surface area contributed by atoms with Gasteiger partial charge in [0.2, 0.25) is 5.79 Å². The van der Waals surface area contributed by atoms with Gasteiger partial charge < -0.3 is 29.0 Å². The first-order valence-corrected chi connectivity index (χ1v) is 11.7. The molecule has 2 fully saturated rings. The molecule has 5 rings (SSSR count). The molecule has 0 spiro atoms. The number of carbonyl (C=O) groups excluding carboxylic acids is 2. The molecule has 2 aliphatic rings. The highest BCUT2D eigenvalue weighted by molar-refractivity contribution is 6.41. The highest BCUT2D eigenvalue weighted by atomic mass is 35.5. The molecular weight excluding hydrogens is 495 g/mol. The fraction of sp³-hybridized carbons (Fsp3) is 0.292. The number of imidazole rings is 1. The Morgan fingerprint density at radius 3 is 2.74 bits per heavy atom. The number of rotatable bonds is 7. The van der Waals surface area contributed by atoms with E-state index in [4.69, 9.17) is 37.4 Å². The summed E-state index contributed by atoms with van der Waals surface area (Å²) in [7, 11) is 0. The SMILES string of the molecule is O=C1NCCN(c2ccc(OC[C@H]3CO[C@](Cn4ccnc4)(c4ccc(Cl)cc4Cl)O3)cc2)C1=O. The van der Waals surface area contributed by atoms with Gasteiger partial charge in [0, 0.05) is 41.8 Å². The minimum atomic E-state index is -1.13. The largest absolute Gasteiger partial charge is 0.491 e. The Labute approximate surface area is 211 Å². The van der Waals surface area contributed by atoms with Crippen LogP contribution in [0.3, 0.4) is 0 Å². The minimum Gasteiger partial charge on any atom is -0.491 e. The number of aromatic nitrogens is 2. The second-order valence-corrected chi connectivity index (χ2v) is 9.02. The van der Waals surface area contributed by atoms with Crippen LogP contribution in [-0.4, -0.2) is 53.8 Å². The summed E-state index contributed by atoms with van der Waals surface area (Å²) < 4.78 is 20.3. The van der Waals surface area contributed by atoms with Gasteiger partial charge in [0.1, 0.15) is 18.5 Å². The van der Waals surface area contributed by atoms with E-state index >= 15 is 0 Å². The summed E-state index contributed by atoms with van der Waals surface area (Å²) in [5.41, 5.74) is 1.30. The van der Waals surface area contributed by atoms with Gasteiger partial charge in [0.25, 0.3) is 0 Å². The summed E-state index contributed by atoms with van der Waals surface area (Å²) in [5.74, 6) is -1.70. The van der Waals surface area contributed by atoms with E-state index in [1.165, 1.54) is 4.90 Å². The fourth-order valence-electron chi connectivity index (χ4n) is 4.11. The monoisotopic (exact) mass is 516 g/mol. The number of nitrogens with zero attached hydrogens (tertiary/aromatic N) is 3. The molecule has 0 radical (unpaired) electrons. The van der Waals surface area contributed by atoms with Gasteiger partial charge in [-0.15, -0.1) is 0 Å². The molecule has 2 aliphatic heterocycles. The van der Waals surface area contributed by atoms with Gasteiger partial charge in [-0.25, -0.2) is 4.98 Å². The second-order valence-electron chi connectivity index (χ2n) is 8.18. The lowest BCUT2D eigenvalue weighted by Gasteiger charge is -2.30. The van der Waals surface area contributed by atoms with Crippen LogP contribution in [0, 0.1) is 0 Å². The number of anilines is 1. The molecule has 11 heteroatoms. The maximum Gasteiger partial charge on any atom is 0.316 e. The Morgan fingerprint density at radius 1 is 1.17 bits per heavy atom. The van der Waals surface area contributed by atoms with Crippen LogP contribution in [0.15, 0.2) is 61.2 Å². The molecule has 0 aliphatic carbocycles. The lowest BCUT2D eigenvalue weighted by atomic mass is 10.1. The topological polar surface area (TPSA) is 94.9 Å². The first-order chi connectivity index (χ1) is 16.9. The van der Waals surface area contributed by atoms with Crippen LogP contribution in [-0.2, 0) is 31.4 Å². The van der Waals surface area contributed by atoms with E-state index in [9.17, 15) is 9.59 Å². The summed E-state index contributed by atoms with van der Waals surface area (Å²) in [6.07, 6.45) is 4.82. The molecule has 2 amide bonds. The van der Waals surface area contributed by atoms with Gasteiger partial charge >= 0.3 is 11.8 Å². The lowest BCUT2D eigenvalue weighted by Crippen LogP contribution is -2.52. The molecule has 3 heterocycles. The molecule has 2 saturated heterocycles. The molecule has 2 atom stereocenters. The molecule has 1 aromatic heterocycles. The third kappa shape index (κ3) is 4.99. The van der Waals surface area contributed by atoms with Crippen molar-refractivity contribution in [3.05, 3.63) is 76.8 Å². The van der Waals surface area contributed by atoms with Crippen LogP contribution in [0.2, 0.25) is 10.0 Å². The maximum atomic E-state index is 12.1. The zero-order valence-corrected chi connectivity index (χ0v) is 20.0. The Hall–Kier alpha value is -3.11. The smallest absolute Gasteiger partial charge is 0.316 e. The predicted molar refractivity (Wildman–Crippen MR) is 128 cm³/mol. The predicted octanol–water partition coefficient (Wildman–Crippen LogP) is 3.00. The molecule has 0 bridgehead atoms. The van der Waals surface area contributed by atoms with Crippen LogP contribution in [0.5, 0.6) is 5.75 Å². The van der Waals surface area contributed by atoms with Crippen LogP contribution >= 0.6 is 23.2 Å². The number of piperazine rings is 1. The first-order valence-electron chi connectivity index (χ1n) is 11.0. The third-order valence-corrected chi connectivity index (χ3v) is 6.34. The Balaban J connectivity index is 1.27. The molecular formula is C24H22Cl2N4O5. The zero-order valence-electron chi connectivity index (χ0n) is 18.5. The number of hydrogen-bond acceptors (Lipinski definition) is 6. The number of ether oxygens (including phenoxy) is 3. The van der Waals surface area contributed by atoms with Crippen molar-refractivity contribution in [1.82, 2.24) is 14.9 Å². The van der Waals surface area contributed by atoms with Gasteiger partial charge in [-0.2, -0.15) is 0 Å². The summed E-state index contributed by atoms with van der Waals surface area (Å²) >= 11 is 12.6. The van der Waals surface area contributed by atoms with Crippen molar-refractivity contribution in [2.45, 2.75) is 18.4 Å². The van der Waals surface area contributed by atoms with Crippen molar-refractivity contribution in [2.24, 2.45) is 0 Å². The van der Waals surface area contributed by atoms with Crippen molar-refractivity contribution in [2.75, 3.05) is 31.2 Å². The summed E-state index contributed by atoms with van der Waals surface area (Å²) in [6.45, 7) is 1.71. The normalized spacial score (nSPS) is 22.3. The van der Waals surface area contributed by atoms with Crippen LogP contribution in [0.25, 0.3) is 0 Å². The van der Waals surface area contributed by atoms with Crippen LogP contribution in [0.1, 0.15) is 5.56 Å². The molecule has 35 heavy (non-hydrogen) atoms. The molecule has 9 nitrogen and oxygen atoms in total. The van der Waals surface area contributed by atoms with Crippen LogP contribution < -0.4 is 15.0 Å². The Morgan fingerprint density at radius 2 is 2.00 bits per heavy atom. The maximum absolute atomic E-state index is 12.1. The highest BCUT2D eigenvalue weighted by Crippen LogP contribution is 2.40. The second kappa shape index (κ2) is 9.87. The Bertz CT molecular complexity index is 1220. The van der Waals surface area contributed by atoms with Crippen molar-refractivity contribution < 1.29 is 23.8 Å². The van der Waals surface area contributed by atoms with E-state index in [2.05, 4.69) is 10.3 Å². The van der Waals surface area contributed by atoms with Crippen molar-refractivity contribution in [3.8, 4) is 5.75 Å². The van der Waals surface area contributed by atoms with Gasteiger partial charge in [0.05, 0.1) is 24.5 Å². The minimum absolute atomic E-state index is 0.237. The Kier molecular flexibility index (Phi) is 6.66. The number of carbonyl (C=O) groups is 2. The molecule has 1 N–H and O–H groups in total. The van der Waals surface area contributed by atoms with Gasteiger partial charge in [-0.05, 0) is 36.4 Å². The van der Waals surface area contributed by atoms with Crippen LogP contribution in [0.4, 0.5) is 5.69 Å². The average Bonchev–Trinajstić information content (AvgIpc) is 3.51. The first kappa shape index (κ1) is 23.6. The van der Waals surface area contributed by atoms with Crippen molar-refractivity contribution >= 4 is 40.7 Å². The summed E-state index contributed by atoms with van der Waals surface area (Å²) in [4.78, 5) is 29.2. The molecule has 0 unspecified atom stereocenters. The number of benzene rings is 2. The standard InChI is InChI=1S/C24H22Cl2N4O5/c25-16-1-6-20(21(26)11-16)24(14-29-9-7-27-15-29)34-13-19(35-24)12-33-18-4-2-17(3-5-18)30-10-8-28-22(31)23(30)32/h1-7,9,11,15,19H,8,10,12-14H2,(H,28,31)/t19-,24-/m0/s1. The number of halogens is 2. The van der Waals surface area contributed by atoms with Gasteiger partial charge in [0.15, 0.2) is 0 Å². The van der Waals surface area contributed by atoms with E-state index in [1.807, 2.05) is 10.8 Å². The molecule has 2 aromatic carbocycles. The van der Waals surface area contributed by atoms with E-state index in [-0.39, 0.29) is 12.7 Å². The van der Waals surface area contributed by atoms with Gasteiger partial charge in [-0.3, -0.25) is 9.59 Å². The van der Waals surface area contributed by atoms with E-state index in [0.717, 1.165) is 0 Å². The average molecular weight is 517 g/mol. The van der Waals surface area contributed by atoms with E-state index in [0.29, 0.717) is 53.3 Å². The summed E-state index contributed by atoms with van der Waals surface area (Å²) in [6, 6.07) is 12.2. The molecule has 182 valence electrons. The third-order valence-electron chi connectivity index (χ3n) is 5.80. The lowest BCUT2D eigenvalue weighted by molar-refractivity contribution is -0.189. The van der Waals surface area contributed by atoms with Crippen molar-refractivity contribution in [1.29, 1.82) is 0 Å². The van der Waals surface area contributed by atoms with E-state index in [1.54, 1.807) is 55.0 Å². The van der Waals surface area contributed by atoms with E-state index < -0.39 is 17.6 Å². The highest BCUT2D eigenvalue weighted by Gasteiger charge is 2.45.